The van der Waals surface area contributed by atoms with Gasteiger partial charge in [0.2, 0.25) is 5.91 Å². The molecule has 2 aromatic carbocycles. The van der Waals surface area contributed by atoms with Crippen LogP contribution in [0.2, 0.25) is 0 Å². The number of carbonyl (C=O) groups is 3. The van der Waals surface area contributed by atoms with Crippen LogP contribution in [0.25, 0.3) is 0 Å². The fraction of sp³-hybridized carbons (Fsp3) is 0.423. The minimum atomic E-state index is -0.454. The number of unbranched alkanes of at least 4 members (excludes halogenated alkanes) is 1. The standard InChI is InChI=1S/C26H31N3O5/c1-3-4-17-34-26(32)19-5-7-21(8-6-19)29-24(30)18-23(25(29)31)28-15-13-27(14-16-28)20-9-11-22(33-2)12-10-20/h5-12,23H,3-4,13-18H2,1-2H3/t23-/m0/s1. The number of esters is 1. The lowest BCUT2D eigenvalue weighted by Crippen LogP contribution is -2.52. The molecule has 0 saturated carbocycles. The molecule has 2 amide bonds. The Labute approximate surface area is 200 Å². The van der Waals surface area contributed by atoms with E-state index in [1.807, 2.05) is 31.2 Å². The lowest BCUT2D eigenvalue weighted by molar-refractivity contribution is -0.123. The van der Waals surface area contributed by atoms with Crippen LogP contribution in [0.4, 0.5) is 11.4 Å². The number of hydrogen-bond donors (Lipinski definition) is 0. The summed E-state index contributed by atoms with van der Waals surface area (Å²) in [6, 6.07) is 14.0. The van der Waals surface area contributed by atoms with Gasteiger partial charge in [-0.2, -0.15) is 0 Å². The predicted molar refractivity (Wildman–Crippen MR) is 129 cm³/mol. The Morgan fingerprint density at radius 3 is 2.21 bits per heavy atom. The molecule has 2 heterocycles. The highest BCUT2D eigenvalue weighted by atomic mass is 16.5. The smallest absolute Gasteiger partial charge is 0.338 e. The van der Waals surface area contributed by atoms with Crippen LogP contribution >= 0.6 is 0 Å². The lowest BCUT2D eigenvalue weighted by atomic mass is 10.1. The van der Waals surface area contributed by atoms with Crippen LogP contribution < -0.4 is 14.5 Å². The van der Waals surface area contributed by atoms with Crippen molar-refractivity contribution >= 4 is 29.2 Å². The third-order valence-electron chi connectivity index (χ3n) is 6.41. The van der Waals surface area contributed by atoms with E-state index in [-0.39, 0.29) is 18.2 Å². The van der Waals surface area contributed by atoms with Gasteiger partial charge in [-0.1, -0.05) is 13.3 Å². The molecular weight excluding hydrogens is 434 g/mol. The number of carbonyl (C=O) groups excluding carboxylic acids is 3. The molecule has 180 valence electrons. The van der Waals surface area contributed by atoms with Crippen LogP contribution in [0.3, 0.4) is 0 Å². The van der Waals surface area contributed by atoms with Crippen LogP contribution in [0.15, 0.2) is 48.5 Å². The lowest BCUT2D eigenvalue weighted by Gasteiger charge is -2.38. The Balaban J connectivity index is 1.36. The maximum absolute atomic E-state index is 13.2. The van der Waals surface area contributed by atoms with E-state index >= 15 is 0 Å². The summed E-state index contributed by atoms with van der Waals surface area (Å²) in [6.45, 7) is 5.37. The fourth-order valence-electron chi connectivity index (χ4n) is 4.40. The second-order valence-electron chi connectivity index (χ2n) is 8.54. The molecule has 8 nitrogen and oxygen atoms in total. The highest BCUT2D eigenvalue weighted by Crippen LogP contribution is 2.28. The van der Waals surface area contributed by atoms with Crippen LogP contribution in [-0.4, -0.2) is 68.6 Å². The first-order valence-corrected chi connectivity index (χ1v) is 11.8. The summed E-state index contributed by atoms with van der Waals surface area (Å²) in [5.41, 5.74) is 2.01. The first-order valence-electron chi connectivity index (χ1n) is 11.8. The zero-order chi connectivity index (χ0) is 24.1. The van der Waals surface area contributed by atoms with Crippen LogP contribution in [0.5, 0.6) is 5.75 Å². The third kappa shape index (κ3) is 5.07. The van der Waals surface area contributed by atoms with E-state index < -0.39 is 12.0 Å². The summed E-state index contributed by atoms with van der Waals surface area (Å²) in [5.74, 6) is -0.00216. The summed E-state index contributed by atoms with van der Waals surface area (Å²) in [5, 5.41) is 0. The highest BCUT2D eigenvalue weighted by molar-refractivity contribution is 6.22. The molecule has 0 spiro atoms. The number of ether oxygens (including phenoxy) is 2. The number of benzene rings is 2. The van der Waals surface area contributed by atoms with E-state index in [2.05, 4.69) is 9.80 Å². The van der Waals surface area contributed by atoms with Gasteiger partial charge in [0.15, 0.2) is 0 Å². The molecule has 1 atom stereocenters. The molecule has 2 fully saturated rings. The van der Waals surface area contributed by atoms with Gasteiger partial charge in [-0.15, -0.1) is 0 Å². The van der Waals surface area contributed by atoms with Crippen LogP contribution in [-0.2, 0) is 14.3 Å². The quantitative estimate of drug-likeness (QED) is 0.337. The Morgan fingerprint density at radius 1 is 0.941 bits per heavy atom. The molecule has 0 unspecified atom stereocenters. The van der Waals surface area contributed by atoms with E-state index in [1.165, 1.54) is 4.90 Å². The zero-order valence-electron chi connectivity index (χ0n) is 19.7. The molecule has 2 aliphatic rings. The molecule has 0 radical (unpaired) electrons. The van der Waals surface area contributed by atoms with Crippen molar-refractivity contribution in [3.8, 4) is 5.75 Å². The molecule has 2 aliphatic heterocycles. The van der Waals surface area contributed by atoms with E-state index in [9.17, 15) is 14.4 Å². The van der Waals surface area contributed by atoms with Gasteiger partial charge in [-0.3, -0.25) is 14.5 Å². The number of piperazine rings is 1. The van der Waals surface area contributed by atoms with Crippen molar-refractivity contribution in [2.75, 3.05) is 49.7 Å². The third-order valence-corrected chi connectivity index (χ3v) is 6.41. The Kier molecular flexibility index (Phi) is 7.47. The highest BCUT2D eigenvalue weighted by Gasteiger charge is 2.43. The van der Waals surface area contributed by atoms with Crippen LogP contribution in [0, 0.1) is 0 Å². The summed E-state index contributed by atoms with van der Waals surface area (Å²) in [7, 11) is 1.65. The van der Waals surface area contributed by atoms with Crippen molar-refractivity contribution in [2.45, 2.75) is 32.2 Å². The van der Waals surface area contributed by atoms with E-state index in [1.54, 1.807) is 31.4 Å². The fourth-order valence-corrected chi connectivity index (χ4v) is 4.40. The second kappa shape index (κ2) is 10.7. The molecule has 8 heteroatoms. The molecule has 34 heavy (non-hydrogen) atoms. The van der Waals surface area contributed by atoms with Gasteiger partial charge >= 0.3 is 5.97 Å². The molecule has 4 rings (SSSR count). The molecule has 0 bridgehead atoms. The first-order chi connectivity index (χ1) is 16.5. The van der Waals surface area contributed by atoms with E-state index in [4.69, 9.17) is 9.47 Å². The Bertz CT molecular complexity index is 1010. The number of methoxy groups -OCH3 is 1. The molecule has 0 aliphatic carbocycles. The van der Waals surface area contributed by atoms with Crippen molar-refractivity contribution in [1.82, 2.24) is 4.90 Å². The van der Waals surface area contributed by atoms with Gasteiger partial charge in [-0.05, 0) is 55.0 Å². The first kappa shape index (κ1) is 23.8. The largest absolute Gasteiger partial charge is 0.497 e. The molecule has 2 aromatic rings. The van der Waals surface area contributed by atoms with Gasteiger partial charge in [-0.25, -0.2) is 9.69 Å². The normalized spacial score (nSPS) is 18.9. The predicted octanol–water partition coefficient (Wildman–Crippen LogP) is 3.11. The van der Waals surface area contributed by atoms with Gasteiger partial charge in [0, 0.05) is 31.9 Å². The van der Waals surface area contributed by atoms with Crippen molar-refractivity contribution in [3.05, 3.63) is 54.1 Å². The topological polar surface area (TPSA) is 79.4 Å². The number of amides is 2. The summed E-state index contributed by atoms with van der Waals surface area (Å²) in [4.78, 5) is 43.6. The van der Waals surface area contributed by atoms with Gasteiger partial charge in [0.1, 0.15) is 5.75 Å². The maximum Gasteiger partial charge on any atom is 0.338 e. The minimum absolute atomic E-state index is 0.169. The second-order valence-corrected chi connectivity index (χ2v) is 8.54. The monoisotopic (exact) mass is 465 g/mol. The average molecular weight is 466 g/mol. The van der Waals surface area contributed by atoms with E-state index in [0.717, 1.165) is 37.4 Å². The van der Waals surface area contributed by atoms with Gasteiger partial charge in [0.05, 0.1) is 37.4 Å². The van der Waals surface area contributed by atoms with Crippen LogP contribution in [0.1, 0.15) is 36.5 Å². The van der Waals surface area contributed by atoms with E-state index in [0.29, 0.717) is 30.9 Å². The number of rotatable bonds is 8. The summed E-state index contributed by atoms with van der Waals surface area (Å²) in [6.07, 6.45) is 1.93. The van der Waals surface area contributed by atoms with Gasteiger partial charge in [0.25, 0.3) is 5.91 Å². The summed E-state index contributed by atoms with van der Waals surface area (Å²) >= 11 is 0. The summed E-state index contributed by atoms with van der Waals surface area (Å²) < 4.78 is 10.4. The number of anilines is 2. The molecule has 0 aromatic heterocycles. The van der Waals surface area contributed by atoms with Gasteiger partial charge < -0.3 is 14.4 Å². The number of hydrogen-bond acceptors (Lipinski definition) is 7. The number of imide groups is 1. The molecule has 0 N–H and O–H groups in total. The van der Waals surface area contributed by atoms with Crippen molar-refractivity contribution < 1.29 is 23.9 Å². The zero-order valence-corrected chi connectivity index (χ0v) is 19.7. The minimum Gasteiger partial charge on any atom is -0.497 e. The van der Waals surface area contributed by atoms with Crippen molar-refractivity contribution in [3.63, 3.8) is 0 Å². The number of nitrogens with zero attached hydrogens (tertiary/aromatic N) is 3. The molecule has 2 saturated heterocycles. The SMILES string of the molecule is CCCCOC(=O)c1ccc(N2C(=O)C[C@H](N3CCN(c4ccc(OC)cc4)CC3)C2=O)cc1. The average Bonchev–Trinajstić information content (AvgIpc) is 3.18. The maximum atomic E-state index is 13.2. The van der Waals surface area contributed by atoms with Crippen molar-refractivity contribution in [2.24, 2.45) is 0 Å². The Morgan fingerprint density at radius 2 is 1.59 bits per heavy atom. The van der Waals surface area contributed by atoms with Crippen molar-refractivity contribution in [1.29, 1.82) is 0 Å². The Hall–Kier alpha value is -3.39. The molecular formula is C26H31N3O5.